The van der Waals surface area contributed by atoms with E-state index in [0.717, 1.165) is 18.2 Å². The van der Waals surface area contributed by atoms with Crippen molar-refractivity contribution in [1.82, 2.24) is 25.2 Å². The summed E-state index contributed by atoms with van der Waals surface area (Å²) in [4.78, 5) is 27.3. The molecule has 10 heteroatoms. The Labute approximate surface area is 206 Å². The number of anilines is 1. The van der Waals surface area contributed by atoms with Crippen LogP contribution in [0.15, 0.2) is 54.9 Å². The maximum absolute atomic E-state index is 14.0. The highest BCUT2D eigenvalue weighted by atomic mass is 19.1. The first-order valence-corrected chi connectivity index (χ1v) is 11.5. The fourth-order valence-corrected chi connectivity index (χ4v) is 4.18. The number of carbonyl (C=O) groups excluding carboxylic acids is 1. The highest BCUT2D eigenvalue weighted by Gasteiger charge is 2.18. The number of halogens is 2. The Bertz CT molecular complexity index is 1400. The lowest BCUT2D eigenvalue weighted by molar-refractivity contribution is -0.124. The van der Waals surface area contributed by atoms with Crippen LogP contribution in [0.3, 0.4) is 0 Å². The van der Waals surface area contributed by atoms with Gasteiger partial charge in [-0.1, -0.05) is 0 Å². The Morgan fingerprint density at radius 2 is 1.89 bits per heavy atom. The van der Waals surface area contributed by atoms with Gasteiger partial charge < -0.3 is 15.4 Å². The van der Waals surface area contributed by atoms with Crippen molar-refractivity contribution in [3.05, 3.63) is 66.5 Å². The number of fused-ring (bicyclic) bond motifs is 1. The molecular weight excluding hydrogens is 466 g/mol. The van der Waals surface area contributed by atoms with E-state index < -0.39 is 11.6 Å². The van der Waals surface area contributed by atoms with Gasteiger partial charge in [0.25, 0.3) is 0 Å². The molecule has 0 bridgehead atoms. The average Bonchev–Trinajstić information content (AvgIpc) is 2.88. The molecule has 0 radical (unpaired) electrons. The number of benzene rings is 2. The summed E-state index contributed by atoms with van der Waals surface area (Å²) >= 11 is 0. The lowest BCUT2D eigenvalue weighted by Gasteiger charge is -2.26. The molecule has 1 amide bonds. The molecule has 8 nitrogen and oxygen atoms in total. The summed E-state index contributed by atoms with van der Waals surface area (Å²) in [6, 6.07) is 10.5. The maximum atomic E-state index is 14.0. The van der Waals surface area contributed by atoms with Crippen LogP contribution in [0.5, 0.6) is 5.75 Å². The molecular formula is C26H24F2N6O2. The number of hydrogen-bond acceptors (Lipinski definition) is 7. The molecule has 2 N–H and O–H groups in total. The molecule has 0 atom stereocenters. The van der Waals surface area contributed by atoms with Crippen LogP contribution in [0.2, 0.25) is 0 Å². The molecule has 36 heavy (non-hydrogen) atoms. The largest absolute Gasteiger partial charge is 0.490 e. The van der Waals surface area contributed by atoms with E-state index in [1.54, 1.807) is 37.6 Å². The van der Waals surface area contributed by atoms with Gasteiger partial charge in [0.05, 0.1) is 6.54 Å². The normalized spacial score (nSPS) is 14.0. The van der Waals surface area contributed by atoms with Gasteiger partial charge in [-0.05, 0) is 47.5 Å². The van der Waals surface area contributed by atoms with Crippen LogP contribution >= 0.6 is 0 Å². The van der Waals surface area contributed by atoms with Crippen molar-refractivity contribution in [3.63, 3.8) is 0 Å². The number of pyridine rings is 1. The second kappa shape index (κ2) is 10.2. The van der Waals surface area contributed by atoms with Gasteiger partial charge in [0.1, 0.15) is 35.3 Å². The van der Waals surface area contributed by atoms with Gasteiger partial charge in [-0.3, -0.25) is 14.7 Å². The SMILES string of the molecule is CNc1nc(-c2cccnc2)nc2c(OCCN3CCNC(=O)C3)cc(-c3cc(F)cc(F)c3)cc12. The van der Waals surface area contributed by atoms with Crippen LogP contribution in [0.1, 0.15) is 0 Å². The third-order valence-electron chi connectivity index (χ3n) is 5.90. The van der Waals surface area contributed by atoms with Crippen molar-refractivity contribution in [2.45, 2.75) is 0 Å². The number of ether oxygens (including phenoxy) is 1. The molecule has 4 aromatic rings. The predicted octanol–water partition coefficient (Wildman–Crippen LogP) is 3.49. The van der Waals surface area contributed by atoms with Gasteiger partial charge in [0.2, 0.25) is 5.91 Å². The van der Waals surface area contributed by atoms with Gasteiger partial charge in [0, 0.05) is 56.1 Å². The number of piperazine rings is 1. The minimum atomic E-state index is -0.673. The van der Waals surface area contributed by atoms with Crippen LogP contribution in [0.4, 0.5) is 14.6 Å². The molecule has 2 aromatic heterocycles. The molecule has 0 unspecified atom stereocenters. The second-order valence-corrected chi connectivity index (χ2v) is 8.39. The van der Waals surface area contributed by atoms with Crippen LogP contribution < -0.4 is 15.4 Å². The highest BCUT2D eigenvalue weighted by Crippen LogP contribution is 2.36. The number of carbonyl (C=O) groups is 1. The number of nitrogens with one attached hydrogen (secondary N) is 2. The van der Waals surface area contributed by atoms with Crippen molar-refractivity contribution in [2.24, 2.45) is 0 Å². The third kappa shape index (κ3) is 5.08. The van der Waals surface area contributed by atoms with Crippen molar-refractivity contribution in [1.29, 1.82) is 0 Å². The highest BCUT2D eigenvalue weighted by molar-refractivity contribution is 5.97. The van der Waals surface area contributed by atoms with Gasteiger partial charge in [-0.2, -0.15) is 0 Å². The summed E-state index contributed by atoms with van der Waals surface area (Å²) < 4.78 is 34.2. The summed E-state index contributed by atoms with van der Waals surface area (Å²) in [5.74, 6) is 0.0742. The molecule has 5 rings (SSSR count). The molecule has 0 saturated carbocycles. The van der Waals surface area contributed by atoms with E-state index in [2.05, 4.69) is 20.6 Å². The van der Waals surface area contributed by atoms with Gasteiger partial charge >= 0.3 is 0 Å². The first-order chi connectivity index (χ1) is 17.5. The first kappa shape index (κ1) is 23.6. The zero-order valence-corrected chi connectivity index (χ0v) is 19.6. The van der Waals surface area contributed by atoms with Gasteiger partial charge in [-0.15, -0.1) is 0 Å². The van der Waals surface area contributed by atoms with E-state index in [9.17, 15) is 13.6 Å². The molecule has 0 spiro atoms. The topological polar surface area (TPSA) is 92.3 Å². The predicted molar refractivity (Wildman–Crippen MR) is 133 cm³/mol. The zero-order chi connectivity index (χ0) is 25.1. The van der Waals surface area contributed by atoms with Crippen molar-refractivity contribution in [3.8, 4) is 28.3 Å². The molecule has 1 saturated heterocycles. The standard InChI is InChI=1S/C26H24F2N6O2/c1-29-26-21-11-18(17-9-19(27)13-20(28)10-17)12-22(36-8-7-34-6-5-31-23(35)15-34)24(21)32-25(33-26)16-3-2-4-30-14-16/h2-4,9-14H,5-8,15H2,1H3,(H,31,35)(H,29,32,33). The van der Waals surface area contributed by atoms with Crippen LogP contribution in [0, 0.1) is 11.6 Å². The quantitative estimate of drug-likeness (QED) is 0.410. The van der Waals surface area contributed by atoms with Crippen molar-refractivity contribution in [2.75, 3.05) is 45.2 Å². The lowest BCUT2D eigenvalue weighted by atomic mass is 10.0. The minimum absolute atomic E-state index is 0.0191. The number of rotatable bonds is 7. The number of aromatic nitrogens is 3. The Kier molecular flexibility index (Phi) is 6.68. The Morgan fingerprint density at radius 3 is 2.61 bits per heavy atom. The molecule has 1 aliphatic heterocycles. The second-order valence-electron chi connectivity index (χ2n) is 8.39. The zero-order valence-electron chi connectivity index (χ0n) is 19.6. The smallest absolute Gasteiger partial charge is 0.234 e. The monoisotopic (exact) mass is 490 g/mol. The molecule has 1 fully saturated rings. The third-order valence-corrected chi connectivity index (χ3v) is 5.90. The number of hydrogen-bond donors (Lipinski definition) is 2. The van der Waals surface area contributed by atoms with E-state index in [4.69, 9.17) is 9.72 Å². The lowest BCUT2D eigenvalue weighted by Crippen LogP contribution is -2.48. The molecule has 1 aliphatic rings. The van der Waals surface area contributed by atoms with Gasteiger partial charge in [-0.25, -0.2) is 18.7 Å². The van der Waals surface area contributed by atoms with E-state index in [1.165, 1.54) is 12.1 Å². The van der Waals surface area contributed by atoms with Crippen LogP contribution in [0.25, 0.3) is 33.4 Å². The van der Waals surface area contributed by atoms with E-state index in [1.807, 2.05) is 11.0 Å². The summed E-state index contributed by atoms with van der Waals surface area (Å²) in [6.07, 6.45) is 3.34. The Balaban J connectivity index is 1.58. The maximum Gasteiger partial charge on any atom is 0.234 e. The molecule has 0 aliphatic carbocycles. The first-order valence-electron chi connectivity index (χ1n) is 11.5. The summed E-state index contributed by atoms with van der Waals surface area (Å²) in [7, 11) is 1.74. The summed E-state index contributed by atoms with van der Waals surface area (Å²) in [6.45, 7) is 2.47. The van der Waals surface area contributed by atoms with Crippen LogP contribution in [-0.4, -0.2) is 65.6 Å². The van der Waals surface area contributed by atoms with Gasteiger partial charge in [0.15, 0.2) is 5.82 Å². The summed E-state index contributed by atoms with van der Waals surface area (Å²) in [5, 5.41) is 6.53. The van der Waals surface area contributed by atoms with Crippen LogP contribution in [-0.2, 0) is 4.79 Å². The Hall–Kier alpha value is -4.18. The van der Waals surface area contributed by atoms with E-state index in [-0.39, 0.29) is 5.91 Å². The average molecular weight is 491 g/mol. The van der Waals surface area contributed by atoms with E-state index in [0.29, 0.717) is 65.7 Å². The fraction of sp³-hybridized carbons (Fsp3) is 0.231. The molecule has 2 aromatic carbocycles. The minimum Gasteiger partial charge on any atom is -0.490 e. The number of nitrogens with zero attached hydrogens (tertiary/aromatic N) is 4. The van der Waals surface area contributed by atoms with Crippen molar-refractivity contribution < 1.29 is 18.3 Å². The Morgan fingerprint density at radius 1 is 1.08 bits per heavy atom. The number of amides is 1. The van der Waals surface area contributed by atoms with Crippen molar-refractivity contribution >= 4 is 22.6 Å². The van der Waals surface area contributed by atoms with E-state index >= 15 is 0 Å². The summed E-state index contributed by atoms with van der Waals surface area (Å²) in [5.41, 5.74) is 2.20. The fourth-order valence-electron chi connectivity index (χ4n) is 4.18. The molecule has 3 heterocycles. The molecule has 184 valence electrons.